The Morgan fingerprint density at radius 2 is 1.23 bits per heavy atom. The molecule has 265 valence electrons. The molecule has 0 fully saturated rings. The van der Waals surface area contributed by atoms with Crippen molar-refractivity contribution >= 4 is 21.5 Å². The van der Waals surface area contributed by atoms with Crippen molar-refractivity contribution < 1.29 is 20.1 Å². The zero-order valence-corrected chi connectivity index (χ0v) is 34.1. The van der Waals surface area contributed by atoms with E-state index in [4.69, 9.17) is 4.98 Å². The van der Waals surface area contributed by atoms with Crippen molar-refractivity contribution in [2.75, 3.05) is 0 Å². The van der Waals surface area contributed by atoms with Gasteiger partial charge >= 0.3 is 0 Å². The number of pyridine rings is 2. The van der Waals surface area contributed by atoms with E-state index in [1.165, 1.54) is 49.5 Å². The van der Waals surface area contributed by atoms with E-state index in [0.29, 0.717) is 0 Å². The molecule has 52 heavy (non-hydrogen) atoms. The van der Waals surface area contributed by atoms with Crippen LogP contribution in [0.3, 0.4) is 0 Å². The maximum absolute atomic E-state index is 4.95. The summed E-state index contributed by atoms with van der Waals surface area (Å²) in [6, 6.07) is 46.0. The molecule has 3 heteroatoms. The summed E-state index contributed by atoms with van der Waals surface area (Å²) in [4.78, 5) is 9.47. The summed E-state index contributed by atoms with van der Waals surface area (Å²) >= 11 is 0. The molecule has 5 aromatic carbocycles. The summed E-state index contributed by atoms with van der Waals surface area (Å²) in [5.74, 6) is 0. The minimum Gasteiger partial charge on any atom is -0.305 e. The van der Waals surface area contributed by atoms with Crippen molar-refractivity contribution in [1.82, 2.24) is 9.97 Å². The van der Waals surface area contributed by atoms with Crippen LogP contribution in [0.4, 0.5) is 0 Å². The van der Waals surface area contributed by atoms with Crippen LogP contribution < -0.4 is 0 Å². The fraction of sp³-hybridized carbons (Fsp3) is 0.265. The molecule has 2 nitrogen and oxygen atoms in total. The van der Waals surface area contributed by atoms with E-state index in [-0.39, 0.29) is 36.4 Å². The molecule has 8 rings (SSSR count). The molecule has 1 aliphatic carbocycles. The Bertz CT molecular complexity index is 2310. The zero-order chi connectivity index (χ0) is 36.0. The molecule has 0 saturated carbocycles. The first-order chi connectivity index (χ1) is 24.4. The maximum Gasteiger partial charge on any atom is 0.0189 e. The molecular weight excluding hydrogens is 809 g/mol. The van der Waals surface area contributed by atoms with Crippen molar-refractivity contribution in [3.63, 3.8) is 0 Å². The van der Waals surface area contributed by atoms with Gasteiger partial charge in [-0.25, -0.2) is 0 Å². The number of aromatic nitrogens is 2. The molecule has 7 aromatic rings. The average Bonchev–Trinajstić information content (AvgIpc) is 3.45. The second-order valence-electron chi connectivity index (χ2n) is 16.0. The SMILES string of the molecule is CC(C)(C)c1cc[c-]c(-c2cc(C(C)(C)C)ccn2)c1.CCC1(CC)c2c(ccnc2-c2[c-]c3ccccc3cc2)-c2ccc3ccccc3c21.[Ir]. The minimum atomic E-state index is -0.0470. The van der Waals surface area contributed by atoms with Crippen molar-refractivity contribution in [3.05, 3.63) is 156 Å². The van der Waals surface area contributed by atoms with Crippen LogP contribution in [0.25, 0.3) is 55.2 Å². The van der Waals surface area contributed by atoms with Crippen LogP contribution in [0.15, 0.2) is 122 Å². The third-order valence-corrected chi connectivity index (χ3v) is 10.8. The molecule has 0 saturated heterocycles. The van der Waals surface area contributed by atoms with Crippen molar-refractivity contribution in [1.29, 1.82) is 0 Å². The van der Waals surface area contributed by atoms with Gasteiger partial charge in [-0.2, -0.15) is 0 Å². The van der Waals surface area contributed by atoms with E-state index in [1.807, 2.05) is 18.5 Å². The van der Waals surface area contributed by atoms with E-state index in [1.54, 1.807) is 0 Å². The van der Waals surface area contributed by atoms with Crippen LogP contribution in [0.2, 0.25) is 0 Å². The first-order valence-electron chi connectivity index (χ1n) is 18.4. The molecule has 0 N–H and O–H groups in total. The third-order valence-electron chi connectivity index (χ3n) is 10.8. The number of nitrogens with zero attached hydrogens (tertiary/aromatic N) is 2. The summed E-state index contributed by atoms with van der Waals surface area (Å²) in [5.41, 5.74) is 12.6. The van der Waals surface area contributed by atoms with Gasteiger partial charge in [-0.15, -0.1) is 65.0 Å². The quantitative estimate of drug-likeness (QED) is 0.165. The van der Waals surface area contributed by atoms with Gasteiger partial charge in [-0.1, -0.05) is 127 Å². The molecule has 2 heterocycles. The summed E-state index contributed by atoms with van der Waals surface area (Å²) in [6.07, 6.45) is 5.96. The van der Waals surface area contributed by atoms with Gasteiger partial charge in [0.1, 0.15) is 0 Å². The van der Waals surface area contributed by atoms with Gasteiger partial charge in [0.2, 0.25) is 0 Å². The summed E-state index contributed by atoms with van der Waals surface area (Å²) in [5, 5.41) is 5.03. The summed E-state index contributed by atoms with van der Waals surface area (Å²) in [6.45, 7) is 18.0. The predicted octanol–water partition coefficient (Wildman–Crippen LogP) is 13.1. The van der Waals surface area contributed by atoms with E-state index < -0.39 is 0 Å². The number of benzene rings is 5. The molecule has 0 spiro atoms. The van der Waals surface area contributed by atoms with E-state index in [9.17, 15) is 0 Å². The van der Waals surface area contributed by atoms with E-state index in [0.717, 1.165) is 40.7 Å². The van der Waals surface area contributed by atoms with Gasteiger partial charge in [-0.3, -0.25) is 4.98 Å². The van der Waals surface area contributed by atoms with Gasteiger partial charge in [0.05, 0.1) is 0 Å². The monoisotopic (exact) mass is 857 g/mol. The van der Waals surface area contributed by atoms with Gasteiger partial charge in [0.15, 0.2) is 0 Å². The van der Waals surface area contributed by atoms with E-state index >= 15 is 0 Å². The number of rotatable bonds is 4. The van der Waals surface area contributed by atoms with Gasteiger partial charge in [-0.05, 0) is 80.1 Å². The van der Waals surface area contributed by atoms with Crippen LogP contribution in [0.1, 0.15) is 90.5 Å². The molecule has 0 unspecified atom stereocenters. The van der Waals surface area contributed by atoms with Crippen LogP contribution in [-0.4, -0.2) is 9.97 Å². The molecule has 0 bridgehead atoms. The molecule has 1 aliphatic rings. The van der Waals surface area contributed by atoms with Gasteiger partial charge in [0, 0.05) is 43.6 Å². The minimum absolute atomic E-state index is 0. The van der Waals surface area contributed by atoms with Crippen molar-refractivity contribution in [2.24, 2.45) is 0 Å². The zero-order valence-electron chi connectivity index (χ0n) is 31.7. The third kappa shape index (κ3) is 6.78. The Morgan fingerprint density at radius 1 is 0.596 bits per heavy atom. The number of hydrogen-bond donors (Lipinski definition) is 0. The second kappa shape index (κ2) is 14.5. The van der Waals surface area contributed by atoms with E-state index in [2.05, 4.69) is 176 Å². The summed E-state index contributed by atoms with van der Waals surface area (Å²) in [7, 11) is 0. The Labute approximate surface area is 324 Å². The second-order valence-corrected chi connectivity index (χ2v) is 16.0. The fourth-order valence-corrected chi connectivity index (χ4v) is 7.85. The van der Waals surface area contributed by atoms with Crippen molar-refractivity contribution in [3.8, 4) is 33.6 Å². The van der Waals surface area contributed by atoms with Crippen LogP contribution in [0, 0.1) is 12.1 Å². The molecule has 0 amide bonds. The molecule has 0 atom stereocenters. The average molecular weight is 857 g/mol. The number of fused-ring (bicyclic) bond motifs is 6. The Balaban J connectivity index is 0.000000193. The largest absolute Gasteiger partial charge is 0.305 e. The Morgan fingerprint density at radius 3 is 1.96 bits per heavy atom. The van der Waals surface area contributed by atoms with Crippen LogP contribution in [0.5, 0.6) is 0 Å². The van der Waals surface area contributed by atoms with Crippen molar-refractivity contribution in [2.45, 2.75) is 84.5 Å². The molecular formula is C49H48IrN2-2. The Kier molecular flexibility index (Phi) is 10.4. The van der Waals surface area contributed by atoms with Gasteiger partial charge in [0.25, 0.3) is 0 Å². The molecule has 2 aromatic heterocycles. The fourth-order valence-electron chi connectivity index (χ4n) is 7.85. The first-order valence-corrected chi connectivity index (χ1v) is 18.4. The first kappa shape index (κ1) is 37.3. The molecule has 1 radical (unpaired) electrons. The normalized spacial score (nSPS) is 13.2. The standard InChI is InChI=1S/C30H24N.C19H24N.Ir/c1-3-30(4-2)27-24-12-8-7-10-21(24)15-16-25(27)26-17-18-31-29(28(26)30)23-14-13-20-9-5-6-11-22(20)19-23;1-18(2,3)15-9-7-8-14(12-15)17-13-16(10-11-20-17)19(4,5)6;/h5-18H,3-4H2,1-2H3;7,9-13H,1-6H3;/q2*-1;. The molecule has 0 aliphatic heterocycles. The number of hydrogen-bond acceptors (Lipinski definition) is 2. The smallest absolute Gasteiger partial charge is 0.0189 e. The van der Waals surface area contributed by atoms with Crippen LogP contribution >= 0.6 is 0 Å². The Hall–Kier alpha value is -4.43. The predicted molar refractivity (Wildman–Crippen MR) is 216 cm³/mol. The van der Waals surface area contributed by atoms with Crippen LogP contribution in [-0.2, 0) is 36.4 Å². The maximum atomic E-state index is 4.95. The van der Waals surface area contributed by atoms with Gasteiger partial charge < -0.3 is 4.98 Å². The summed E-state index contributed by atoms with van der Waals surface area (Å²) < 4.78 is 0. The topological polar surface area (TPSA) is 25.8 Å².